The molecule has 0 bridgehead atoms. The van der Waals surface area contributed by atoms with Crippen LogP contribution in [0, 0.1) is 5.92 Å². The standard InChI is InChI=1S/C15H33NO/c1-5-7-9-11-14(16)13(3)15(17-4)12-10-8-6-2/h13-15H,5-12,16H2,1-4H3. The molecule has 2 nitrogen and oxygen atoms in total. The first kappa shape index (κ1) is 16.9. The van der Waals surface area contributed by atoms with Gasteiger partial charge in [0.15, 0.2) is 0 Å². The van der Waals surface area contributed by atoms with Crippen LogP contribution in [0.3, 0.4) is 0 Å². The van der Waals surface area contributed by atoms with Gasteiger partial charge in [0, 0.05) is 13.2 Å². The Balaban J connectivity index is 3.90. The fourth-order valence-electron chi connectivity index (χ4n) is 2.36. The molecule has 0 rings (SSSR count). The second kappa shape index (κ2) is 11.0. The van der Waals surface area contributed by atoms with Gasteiger partial charge >= 0.3 is 0 Å². The van der Waals surface area contributed by atoms with Crippen LogP contribution in [0.4, 0.5) is 0 Å². The SMILES string of the molecule is CCCCCC(N)C(C)C(CCCCC)OC. The van der Waals surface area contributed by atoms with Crippen molar-refractivity contribution in [3.05, 3.63) is 0 Å². The van der Waals surface area contributed by atoms with Gasteiger partial charge in [0.1, 0.15) is 0 Å². The molecule has 17 heavy (non-hydrogen) atoms. The van der Waals surface area contributed by atoms with Crippen molar-refractivity contribution < 1.29 is 4.74 Å². The monoisotopic (exact) mass is 243 g/mol. The molecular weight excluding hydrogens is 210 g/mol. The van der Waals surface area contributed by atoms with Gasteiger partial charge in [0.25, 0.3) is 0 Å². The van der Waals surface area contributed by atoms with E-state index in [4.69, 9.17) is 10.5 Å². The zero-order valence-electron chi connectivity index (χ0n) is 12.4. The maximum atomic E-state index is 6.26. The highest BCUT2D eigenvalue weighted by Gasteiger charge is 2.22. The Morgan fingerprint density at radius 3 is 1.94 bits per heavy atom. The molecule has 0 aliphatic heterocycles. The number of unbranched alkanes of at least 4 members (excludes halogenated alkanes) is 4. The summed E-state index contributed by atoms with van der Waals surface area (Å²) in [6.45, 7) is 6.72. The van der Waals surface area contributed by atoms with Crippen molar-refractivity contribution in [1.29, 1.82) is 0 Å². The molecular formula is C15H33NO. The molecule has 0 fully saturated rings. The van der Waals surface area contributed by atoms with Gasteiger partial charge in [-0.3, -0.25) is 0 Å². The van der Waals surface area contributed by atoms with Crippen LogP contribution in [0.5, 0.6) is 0 Å². The first-order valence-electron chi connectivity index (χ1n) is 7.45. The van der Waals surface area contributed by atoms with Gasteiger partial charge in [-0.2, -0.15) is 0 Å². The van der Waals surface area contributed by atoms with E-state index in [1.807, 2.05) is 7.11 Å². The lowest BCUT2D eigenvalue weighted by atomic mass is 9.89. The number of ether oxygens (including phenoxy) is 1. The van der Waals surface area contributed by atoms with E-state index >= 15 is 0 Å². The summed E-state index contributed by atoms with van der Waals surface area (Å²) in [4.78, 5) is 0. The molecule has 0 heterocycles. The first-order valence-corrected chi connectivity index (χ1v) is 7.45. The number of rotatable bonds is 11. The van der Waals surface area contributed by atoms with Gasteiger partial charge in [-0.25, -0.2) is 0 Å². The largest absolute Gasteiger partial charge is 0.381 e. The predicted molar refractivity (Wildman–Crippen MR) is 76.2 cm³/mol. The average Bonchev–Trinajstić information content (AvgIpc) is 2.34. The molecule has 0 aromatic heterocycles. The van der Waals surface area contributed by atoms with Crippen molar-refractivity contribution in [3.8, 4) is 0 Å². The zero-order valence-corrected chi connectivity index (χ0v) is 12.4. The molecule has 3 atom stereocenters. The van der Waals surface area contributed by atoms with Crippen molar-refractivity contribution in [2.24, 2.45) is 11.7 Å². The summed E-state index contributed by atoms with van der Waals surface area (Å²) in [5.74, 6) is 0.480. The van der Waals surface area contributed by atoms with Gasteiger partial charge in [-0.05, 0) is 18.8 Å². The summed E-state index contributed by atoms with van der Waals surface area (Å²) in [5.41, 5.74) is 6.26. The van der Waals surface area contributed by atoms with Gasteiger partial charge in [0.2, 0.25) is 0 Å². The van der Waals surface area contributed by atoms with Gasteiger partial charge < -0.3 is 10.5 Å². The van der Waals surface area contributed by atoms with E-state index < -0.39 is 0 Å². The van der Waals surface area contributed by atoms with Crippen LogP contribution >= 0.6 is 0 Å². The van der Waals surface area contributed by atoms with Crippen molar-refractivity contribution in [2.45, 2.75) is 84.3 Å². The highest BCUT2D eigenvalue weighted by molar-refractivity contribution is 4.77. The minimum absolute atomic E-state index is 0.299. The Morgan fingerprint density at radius 1 is 0.941 bits per heavy atom. The third-order valence-corrected chi connectivity index (χ3v) is 3.80. The normalized spacial score (nSPS) is 16.8. The second-order valence-corrected chi connectivity index (χ2v) is 5.29. The van der Waals surface area contributed by atoms with Gasteiger partial charge in [0.05, 0.1) is 6.10 Å². The molecule has 3 unspecified atom stereocenters. The minimum atomic E-state index is 0.299. The van der Waals surface area contributed by atoms with Crippen molar-refractivity contribution >= 4 is 0 Å². The van der Waals surface area contributed by atoms with Crippen LogP contribution in [0.1, 0.15) is 72.1 Å². The summed E-state index contributed by atoms with van der Waals surface area (Å²) < 4.78 is 5.61. The lowest BCUT2D eigenvalue weighted by molar-refractivity contribution is 0.0389. The molecule has 2 heteroatoms. The molecule has 104 valence electrons. The summed E-state index contributed by atoms with van der Waals surface area (Å²) in [7, 11) is 1.83. The Labute approximate surface area is 108 Å². The molecule has 0 radical (unpaired) electrons. The highest BCUT2D eigenvalue weighted by Crippen LogP contribution is 2.20. The van der Waals surface area contributed by atoms with Crippen LogP contribution in [-0.2, 0) is 4.74 Å². The zero-order chi connectivity index (χ0) is 13.1. The smallest absolute Gasteiger partial charge is 0.0611 e. The lowest BCUT2D eigenvalue weighted by Gasteiger charge is -2.28. The Morgan fingerprint density at radius 2 is 1.47 bits per heavy atom. The molecule has 0 amide bonds. The molecule has 0 aromatic rings. The van der Waals surface area contributed by atoms with Gasteiger partial charge in [-0.1, -0.05) is 59.3 Å². The molecule has 0 aromatic carbocycles. The Kier molecular flexibility index (Phi) is 11.0. The molecule has 0 aliphatic rings. The average molecular weight is 243 g/mol. The van der Waals surface area contributed by atoms with E-state index in [1.165, 1.54) is 38.5 Å². The molecule has 0 saturated heterocycles. The van der Waals surface area contributed by atoms with E-state index in [1.54, 1.807) is 0 Å². The van der Waals surface area contributed by atoms with Crippen molar-refractivity contribution in [1.82, 2.24) is 0 Å². The van der Waals surface area contributed by atoms with Crippen molar-refractivity contribution in [2.75, 3.05) is 7.11 Å². The quantitative estimate of drug-likeness (QED) is 0.554. The van der Waals surface area contributed by atoms with Crippen LogP contribution in [0.15, 0.2) is 0 Å². The number of methoxy groups -OCH3 is 1. The van der Waals surface area contributed by atoms with Crippen LogP contribution in [0.2, 0.25) is 0 Å². The third kappa shape index (κ3) is 7.77. The minimum Gasteiger partial charge on any atom is -0.381 e. The second-order valence-electron chi connectivity index (χ2n) is 5.29. The van der Waals surface area contributed by atoms with Crippen LogP contribution < -0.4 is 5.73 Å². The predicted octanol–water partition coefficient (Wildman–Crippen LogP) is 4.13. The summed E-state index contributed by atoms with van der Waals surface area (Å²) in [6.07, 6.45) is 10.3. The van der Waals surface area contributed by atoms with E-state index in [0.717, 1.165) is 12.8 Å². The molecule has 0 aliphatic carbocycles. The van der Waals surface area contributed by atoms with Crippen LogP contribution in [-0.4, -0.2) is 19.3 Å². The van der Waals surface area contributed by atoms with Crippen molar-refractivity contribution in [3.63, 3.8) is 0 Å². The molecule has 0 spiro atoms. The fourth-order valence-corrected chi connectivity index (χ4v) is 2.36. The summed E-state index contributed by atoms with van der Waals surface area (Å²) in [5, 5.41) is 0. The maximum absolute atomic E-state index is 6.26. The maximum Gasteiger partial charge on any atom is 0.0611 e. The van der Waals surface area contributed by atoms with Gasteiger partial charge in [-0.15, -0.1) is 0 Å². The molecule has 2 N–H and O–H groups in total. The number of hydrogen-bond acceptors (Lipinski definition) is 2. The van der Waals surface area contributed by atoms with Crippen LogP contribution in [0.25, 0.3) is 0 Å². The Hall–Kier alpha value is -0.0800. The number of nitrogens with two attached hydrogens (primary N) is 1. The Bertz CT molecular complexity index is 161. The molecule has 0 saturated carbocycles. The topological polar surface area (TPSA) is 35.2 Å². The third-order valence-electron chi connectivity index (χ3n) is 3.80. The van der Waals surface area contributed by atoms with E-state index in [0.29, 0.717) is 18.1 Å². The summed E-state index contributed by atoms with van der Waals surface area (Å²) >= 11 is 0. The van der Waals surface area contributed by atoms with E-state index in [9.17, 15) is 0 Å². The van der Waals surface area contributed by atoms with E-state index in [2.05, 4.69) is 20.8 Å². The highest BCUT2D eigenvalue weighted by atomic mass is 16.5. The summed E-state index contributed by atoms with van der Waals surface area (Å²) in [6, 6.07) is 0.299. The first-order chi connectivity index (χ1) is 8.17. The number of hydrogen-bond donors (Lipinski definition) is 1. The fraction of sp³-hybridized carbons (Fsp3) is 1.00. The van der Waals surface area contributed by atoms with E-state index in [-0.39, 0.29) is 0 Å². The lowest BCUT2D eigenvalue weighted by Crippen LogP contribution is -2.37.